The number of rotatable bonds is 7. The van der Waals surface area contributed by atoms with E-state index in [0.29, 0.717) is 24.6 Å². The molecule has 126 valence electrons. The lowest BCUT2D eigenvalue weighted by Gasteiger charge is -2.05. The molecule has 7 nitrogen and oxygen atoms in total. The van der Waals surface area contributed by atoms with Crippen LogP contribution in [0.25, 0.3) is 5.65 Å². The van der Waals surface area contributed by atoms with Crippen LogP contribution in [0.5, 0.6) is 0 Å². The van der Waals surface area contributed by atoms with Crippen LogP contribution in [0.3, 0.4) is 0 Å². The Hall–Kier alpha value is -1.97. The summed E-state index contributed by atoms with van der Waals surface area (Å²) in [6.07, 6.45) is 0. The van der Waals surface area contributed by atoms with E-state index >= 15 is 0 Å². The van der Waals surface area contributed by atoms with Crippen molar-refractivity contribution in [2.24, 2.45) is 0 Å². The fourth-order valence-corrected chi connectivity index (χ4v) is 3.84. The second-order valence-electron chi connectivity index (χ2n) is 5.03. The Morgan fingerprint density at radius 3 is 3.08 bits per heavy atom. The van der Waals surface area contributed by atoms with Crippen molar-refractivity contribution in [2.75, 3.05) is 25.6 Å². The van der Waals surface area contributed by atoms with Crippen LogP contribution in [-0.2, 0) is 10.5 Å². The van der Waals surface area contributed by atoms with Crippen molar-refractivity contribution in [2.45, 2.75) is 17.0 Å². The molecule has 9 heteroatoms. The highest BCUT2D eigenvalue weighted by Gasteiger charge is 2.08. The maximum absolute atomic E-state index is 12.2. The minimum Gasteiger partial charge on any atom is -0.383 e. The van der Waals surface area contributed by atoms with Gasteiger partial charge in [-0.15, -0.1) is 10.2 Å². The molecule has 0 radical (unpaired) electrons. The monoisotopic (exact) mass is 363 g/mol. The van der Waals surface area contributed by atoms with E-state index in [9.17, 15) is 4.79 Å². The number of anilines is 1. The molecule has 1 N–H and O–H groups in total. The maximum atomic E-state index is 12.2. The number of thioether (sulfide) groups is 1. The number of hydrogen-bond acceptors (Lipinski definition) is 8. The molecule has 3 aromatic heterocycles. The van der Waals surface area contributed by atoms with Crippen LogP contribution in [0.4, 0.5) is 5.13 Å². The maximum Gasteiger partial charge on any atom is 0.258 e. The Morgan fingerprint density at radius 2 is 2.25 bits per heavy atom. The van der Waals surface area contributed by atoms with Crippen molar-refractivity contribution in [1.29, 1.82) is 0 Å². The van der Waals surface area contributed by atoms with Crippen molar-refractivity contribution < 1.29 is 4.74 Å². The van der Waals surface area contributed by atoms with Gasteiger partial charge in [0.15, 0.2) is 4.34 Å². The predicted molar refractivity (Wildman–Crippen MR) is 96.0 cm³/mol. The molecule has 0 unspecified atom stereocenters. The van der Waals surface area contributed by atoms with Crippen molar-refractivity contribution >= 4 is 33.9 Å². The molecule has 0 aliphatic heterocycles. The van der Waals surface area contributed by atoms with E-state index in [1.165, 1.54) is 23.1 Å². The molecular weight excluding hydrogens is 346 g/mol. The summed E-state index contributed by atoms with van der Waals surface area (Å²) in [5.41, 5.74) is 2.21. The van der Waals surface area contributed by atoms with E-state index in [4.69, 9.17) is 4.74 Å². The standard InChI is InChI=1S/C15H17N5O2S2/c1-10-4-3-5-12-17-11(8-13(21)20(10)12)9-23-15-19-18-14(24-15)16-6-7-22-2/h3-5,8H,6-7,9H2,1-2H3,(H,16,18). The lowest BCUT2D eigenvalue weighted by Crippen LogP contribution is -2.17. The molecule has 0 aliphatic carbocycles. The first-order chi connectivity index (χ1) is 11.7. The van der Waals surface area contributed by atoms with Gasteiger partial charge in [-0.1, -0.05) is 29.2 Å². The number of methoxy groups -OCH3 is 1. The third kappa shape index (κ3) is 3.92. The first-order valence-corrected chi connectivity index (χ1v) is 9.15. The number of pyridine rings is 1. The highest BCUT2D eigenvalue weighted by molar-refractivity contribution is 8.00. The molecule has 0 amide bonds. The molecule has 0 bridgehead atoms. The van der Waals surface area contributed by atoms with Gasteiger partial charge in [-0.25, -0.2) is 4.98 Å². The number of nitrogens with zero attached hydrogens (tertiary/aromatic N) is 4. The second kappa shape index (κ2) is 7.73. The highest BCUT2D eigenvalue weighted by Crippen LogP contribution is 2.27. The average Bonchev–Trinajstić information content (AvgIpc) is 3.01. The molecule has 0 aromatic carbocycles. The molecule has 0 saturated heterocycles. The summed E-state index contributed by atoms with van der Waals surface area (Å²) in [7, 11) is 1.66. The van der Waals surface area contributed by atoms with Crippen LogP contribution in [0.2, 0.25) is 0 Å². The molecule has 0 fully saturated rings. The van der Waals surface area contributed by atoms with E-state index in [2.05, 4.69) is 20.5 Å². The van der Waals surface area contributed by atoms with Crippen molar-refractivity contribution in [3.8, 4) is 0 Å². The largest absolute Gasteiger partial charge is 0.383 e. The summed E-state index contributed by atoms with van der Waals surface area (Å²) in [5.74, 6) is 0.576. The molecule has 24 heavy (non-hydrogen) atoms. The van der Waals surface area contributed by atoms with Gasteiger partial charge in [0.05, 0.1) is 12.3 Å². The third-order valence-electron chi connectivity index (χ3n) is 3.27. The van der Waals surface area contributed by atoms with Crippen molar-refractivity contribution in [1.82, 2.24) is 19.6 Å². The molecule has 0 atom stereocenters. The third-order valence-corrected chi connectivity index (χ3v) is 5.31. The summed E-state index contributed by atoms with van der Waals surface area (Å²) in [5, 5.41) is 12.1. The zero-order valence-corrected chi connectivity index (χ0v) is 15.0. The zero-order chi connectivity index (χ0) is 16.9. The first kappa shape index (κ1) is 16.9. The number of hydrogen-bond donors (Lipinski definition) is 1. The highest BCUT2D eigenvalue weighted by atomic mass is 32.2. The normalized spacial score (nSPS) is 11.1. The lowest BCUT2D eigenvalue weighted by molar-refractivity contribution is 0.211. The van der Waals surface area contributed by atoms with Crippen LogP contribution in [0.1, 0.15) is 11.4 Å². The molecular formula is C15H17N5O2S2. The molecule has 0 aliphatic rings. The summed E-state index contributed by atoms with van der Waals surface area (Å²) in [4.78, 5) is 16.8. The van der Waals surface area contributed by atoms with Gasteiger partial charge in [0.25, 0.3) is 5.56 Å². The Morgan fingerprint density at radius 1 is 1.38 bits per heavy atom. The number of nitrogens with one attached hydrogen (secondary N) is 1. The molecule has 3 heterocycles. The number of aryl methyl sites for hydroxylation is 1. The summed E-state index contributed by atoms with van der Waals surface area (Å²) >= 11 is 2.99. The Labute approximate surface area is 147 Å². The molecule has 3 rings (SSSR count). The van der Waals surface area contributed by atoms with E-state index in [1.54, 1.807) is 17.6 Å². The van der Waals surface area contributed by atoms with Crippen LogP contribution >= 0.6 is 23.1 Å². The van der Waals surface area contributed by atoms with Gasteiger partial charge in [-0.05, 0) is 19.1 Å². The number of ether oxygens (including phenoxy) is 1. The summed E-state index contributed by atoms with van der Waals surface area (Å²) in [6, 6.07) is 7.21. The van der Waals surface area contributed by atoms with E-state index in [0.717, 1.165) is 20.9 Å². The van der Waals surface area contributed by atoms with E-state index in [1.807, 2.05) is 25.1 Å². The van der Waals surface area contributed by atoms with Crippen molar-refractivity contribution in [3.05, 3.63) is 46.0 Å². The first-order valence-electron chi connectivity index (χ1n) is 7.35. The minimum atomic E-state index is -0.0621. The van der Waals surface area contributed by atoms with Crippen LogP contribution in [-0.4, -0.2) is 39.8 Å². The Bertz CT molecular complexity index is 893. The fraction of sp³-hybridized carbons (Fsp3) is 0.333. The van der Waals surface area contributed by atoms with Crippen molar-refractivity contribution in [3.63, 3.8) is 0 Å². The van der Waals surface area contributed by atoms with Crippen LogP contribution < -0.4 is 10.9 Å². The lowest BCUT2D eigenvalue weighted by atomic mass is 10.3. The predicted octanol–water partition coefficient (Wildman–Crippen LogP) is 2.21. The minimum absolute atomic E-state index is 0.0621. The number of fused-ring (bicyclic) bond motifs is 1. The van der Waals surface area contributed by atoms with Gasteiger partial charge in [-0.3, -0.25) is 9.20 Å². The Kier molecular flexibility index (Phi) is 5.44. The van der Waals surface area contributed by atoms with Crippen LogP contribution in [0, 0.1) is 6.92 Å². The quantitative estimate of drug-likeness (QED) is 0.509. The molecule has 0 saturated carbocycles. The SMILES string of the molecule is COCCNc1nnc(SCc2cc(=O)n3c(C)cccc3n2)s1. The van der Waals surface area contributed by atoms with Gasteiger partial charge in [-0.2, -0.15) is 0 Å². The van der Waals surface area contributed by atoms with E-state index < -0.39 is 0 Å². The molecule has 3 aromatic rings. The van der Waals surface area contributed by atoms with Crippen LogP contribution in [0.15, 0.2) is 33.4 Å². The van der Waals surface area contributed by atoms with Gasteiger partial charge in [0.2, 0.25) is 5.13 Å². The summed E-state index contributed by atoms with van der Waals surface area (Å²) in [6.45, 7) is 3.20. The van der Waals surface area contributed by atoms with Gasteiger partial charge < -0.3 is 10.1 Å². The Balaban J connectivity index is 1.69. The fourth-order valence-electron chi connectivity index (χ4n) is 2.17. The van der Waals surface area contributed by atoms with Gasteiger partial charge >= 0.3 is 0 Å². The van der Waals surface area contributed by atoms with Gasteiger partial charge in [0.1, 0.15) is 5.65 Å². The second-order valence-corrected chi connectivity index (χ2v) is 7.23. The topological polar surface area (TPSA) is 81.4 Å². The van der Waals surface area contributed by atoms with Gasteiger partial charge in [0, 0.05) is 31.2 Å². The molecule has 0 spiro atoms. The number of aromatic nitrogens is 4. The van der Waals surface area contributed by atoms with E-state index in [-0.39, 0.29) is 5.56 Å². The smallest absolute Gasteiger partial charge is 0.258 e. The average molecular weight is 363 g/mol. The summed E-state index contributed by atoms with van der Waals surface area (Å²) < 4.78 is 7.42. The zero-order valence-electron chi connectivity index (χ0n) is 13.4.